The molecule has 2 rings (SSSR count). The SMILES string of the molecule is COc1cccc(SCC(=O)N[C@H](C)c2cccc(C(F)(F)F)c2)c1. The number of halogens is 3. The van der Waals surface area contributed by atoms with Gasteiger partial charge in [0.25, 0.3) is 0 Å². The lowest BCUT2D eigenvalue weighted by atomic mass is 10.0. The van der Waals surface area contributed by atoms with Crippen molar-refractivity contribution in [3.63, 3.8) is 0 Å². The average Bonchev–Trinajstić information content (AvgIpc) is 2.59. The van der Waals surface area contributed by atoms with Gasteiger partial charge in [-0.15, -0.1) is 11.8 Å². The molecular formula is C18H18F3NO2S. The van der Waals surface area contributed by atoms with Crippen LogP contribution in [0.3, 0.4) is 0 Å². The maximum absolute atomic E-state index is 12.8. The van der Waals surface area contributed by atoms with Crippen molar-refractivity contribution in [3.8, 4) is 5.75 Å². The molecular weight excluding hydrogens is 351 g/mol. The molecule has 0 heterocycles. The van der Waals surface area contributed by atoms with Gasteiger partial charge in [0.15, 0.2) is 0 Å². The van der Waals surface area contributed by atoms with Crippen LogP contribution < -0.4 is 10.1 Å². The number of hydrogen-bond donors (Lipinski definition) is 1. The number of hydrogen-bond acceptors (Lipinski definition) is 3. The maximum atomic E-state index is 12.8. The molecule has 25 heavy (non-hydrogen) atoms. The first kappa shape index (κ1) is 19.2. The van der Waals surface area contributed by atoms with E-state index in [0.717, 1.165) is 17.0 Å². The Bertz CT molecular complexity index is 734. The Kier molecular flexibility index (Phi) is 6.36. The molecule has 0 aromatic heterocycles. The van der Waals surface area contributed by atoms with Crippen LogP contribution in [0.15, 0.2) is 53.4 Å². The van der Waals surface area contributed by atoms with Crippen molar-refractivity contribution in [1.29, 1.82) is 0 Å². The number of methoxy groups -OCH3 is 1. The molecule has 1 amide bonds. The summed E-state index contributed by atoms with van der Waals surface area (Å²) in [6, 6.07) is 11.8. The molecule has 1 N–H and O–H groups in total. The lowest BCUT2D eigenvalue weighted by Crippen LogP contribution is -2.28. The molecule has 0 aliphatic carbocycles. The smallest absolute Gasteiger partial charge is 0.416 e. The first-order valence-electron chi connectivity index (χ1n) is 7.53. The van der Waals surface area contributed by atoms with Crippen LogP contribution in [0.4, 0.5) is 13.2 Å². The van der Waals surface area contributed by atoms with Crippen LogP contribution in [0.25, 0.3) is 0 Å². The van der Waals surface area contributed by atoms with Crippen LogP contribution in [0.5, 0.6) is 5.75 Å². The summed E-state index contributed by atoms with van der Waals surface area (Å²) in [6.45, 7) is 1.66. The molecule has 0 saturated heterocycles. The number of rotatable bonds is 6. The van der Waals surface area contributed by atoms with Gasteiger partial charge in [-0.2, -0.15) is 13.2 Å². The van der Waals surface area contributed by atoms with E-state index in [1.54, 1.807) is 26.2 Å². The summed E-state index contributed by atoms with van der Waals surface area (Å²) in [7, 11) is 1.56. The third-order valence-corrected chi connectivity index (χ3v) is 4.50. The predicted molar refractivity (Wildman–Crippen MR) is 91.7 cm³/mol. The molecule has 0 fully saturated rings. The van der Waals surface area contributed by atoms with E-state index in [1.807, 2.05) is 18.2 Å². The number of carbonyl (C=O) groups is 1. The quantitative estimate of drug-likeness (QED) is 0.751. The first-order valence-corrected chi connectivity index (χ1v) is 8.51. The van der Waals surface area contributed by atoms with Crippen LogP contribution in [-0.2, 0) is 11.0 Å². The number of carbonyl (C=O) groups excluding carboxylic acids is 1. The van der Waals surface area contributed by atoms with Crippen molar-refractivity contribution in [2.45, 2.75) is 24.0 Å². The molecule has 0 spiro atoms. The standard InChI is InChI=1S/C18H18F3NO2S/c1-12(13-5-3-6-14(9-13)18(19,20)21)22-17(23)11-25-16-8-4-7-15(10-16)24-2/h3-10,12H,11H2,1-2H3,(H,22,23)/t12-/m1/s1. The van der Waals surface area contributed by atoms with Gasteiger partial charge in [0, 0.05) is 4.90 Å². The Morgan fingerprint density at radius 1 is 1.20 bits per heavy atom. The second kappa shape index (κ2) is 8.29. The number of thioether (sulfide) groups is 1. The van der Waals surface area contributed by atoms with Crippen molar-refractivity contribution in [1.82, 2.24) is 5.32 Å². The molecule has 3 nitrogen and oxygen atoms in total. The van der Waals surface area contributed by atoms with Gasteiger partial charge >= 0.3 is 6.18 Å². The highest BCUT2D eigenvalue weighted by molar-refractivity contribution is 8.00. The van der Waals surface area contributed by atoms with Gasteiger partial charge in [-0.05, 0) is 42.8 Å². The Labute approximate surface area is 148 Å². The highest BCUT2D eigenvalue weighted by atomic mass is 32.2. The maximum Gasteiger partial charge on any atom is 0.416 e. The number of amides is 1. The molecule has 2 aromatic rings. The summed E-state index contributed by atoms with van der Waals surface area (Å²) < 4.78 is 43.4. The largest absolute Gasteiger partial charge is 0.497 e. The fourth-order valence-corrected chi connectivity index (χ4v) is 2.95. The summed E-state index contributed by atoms with van der Waals surface area (Å²) in [6.07, 6.45) is -4.40. The lowest BCUT2D eigenvalue weighted by molar-refractivity contribution is -0.137. The Balaban J connectivity index is 1.93. The van der Waals surface area contributed by atoms with E-state index in [2.05, 4.69) is 5.32 Å². The summed E-state index contributed by atoms with van der Waals surface area (Å²) >= 11 is 1.33. The minimum atomic E-state index is -4.40. The third-order valence-electron chi connectivity index (χ3n) is 3.50. The van der Waals surface area contributed by atoms with Crippen molar-refractivity contribution < 1.29 is 22.7 Å². The highest BCUT2D eigenvalue weighted by Gasteiger charge is 2.30. The second-order valence-corrected chi connectivity index (χ2v) is 6.43. The van der Waals surface area contributed by atoms with Crippen LogP contribution >= 0.6 is 11.8 Å². The lowest BCUT2D eigenvalue weighted by Gasteiger charge is -2.16. The predicted octanol–water partition coefficient (Wildman–Crippen LogP) is 4.68. The Morgan fingerprint density at radius 3 is 2.60 bits per heavy atom. The van der Waals surface area contributed by atoms with E-state index in [4.69, 9.17) is 4.74 Å². The fourth-order valence-electron chi connectivity index (χ4n) is 2.19. The summed E-state index contributed by atoms with van der Waals surface area (Å²) in [5, 5.41) is 2.72. The zero-order valence-corrected chi connectivity index (χ0v) is 14.6. The van der Waals surface area contributed by atoms with Crippen LogP contribution in [-0.4, -0.2) is 18.8 Å². The summed E-state index contributed by atoms with van der Waals surface area (Å²) in [5.41, 5.74) is -0.314. The second-order valence-electron chi connectivity index (χ2n) is 5.38. The monoisotopic (exact) mass is 369 g/mol. The van der Waals surface area contributed by atoms with E-state index in [0.29, 0.717) is 11.3 Å². The zero-order chi connectivity index (χ0) is 18.4. The van der Waals surface area contributed by atoms with Crippen LogP contribution in [0.1, 0.15) is 24.1 Å². The molecule has 0 saturated carbocycles. The number of benzene rings is 2. The topological polar surface area (TPSA) is 38.3 Å². The molecule has 7 heteroatoms. The Hall–Kier alpha value is -2.15. The van der Waals surface area contributed by atoms with Gasteiger partial charge in [0.05, 0.1) is 24.5 Å². The van der Waals surface area contributed by atoms with Gasteiger partial charge in [-0.25, -0.2) is 0 Å². The van der Waals surface area contributed by atoms with Gasteiger partial charge in [0.2, 0.25) is 5.91 Å². The summed E-state index contributed by atoms with van der Waals surface area (Å²) in [5.74, 6) is 0.608. The number of nitrogens with one attached hydrogen (secondary N) is 1. The normalized spacial score (nSPS) is 12.5. The van der Waals surface area contributed by atoms with E-state index < -0.39 is 17.8 Å². The van der Waals surface area contributed by atoms with Crippen LogP contribution in [0, 0.1) is 0 Å². The number of alkyl halides is 3. The molecule has 0 unspecified atom stereocenters. The van der Waals surface area contributed by atoms with Gasteiger partial charge < -0.3 is 10.1 Å². The zero-order valence-electron chi connectivity index (χ0n) is 13.8. The molecule has 0 radical (unpaired) electrons. The van der Waals surface area contributed by atoms with E-state index in [-0.39, 0.29) is 11.7 Å². The van der Waals surface area contributed by atoms with Crippen molar-refractivity contribution in [3.05, 3.63) is 59.7 Å². The molecule has 0 aliphatic heterocycles. The molecule has 0 bridgehead atoms. The van der Waals surface area contributed by atoms with E-state index in [9.17, 15) is 18.0 Å². The highest BCUT2D eigenvalue weighted by Crippen LogP contribution is 2.30. The third kappa shape index (κ3) is 5.70. The van der Waals surface area contributed by atoms with E-state index in [1.165, 1.54) is 17.8 Å². The fraction of sp³-hybridized carbons (Fsp3) is 0.278. The molecule has 2 aromatic carbocycles. The first-order chi connectivity index (χ1) is 11.8. The van der Waals surface area contributed by atoms with Gasteiger partial charge in [0.1, 0.15) is 5.75 Å². The van der Waals surface area contributed by atoms with Crippen LogP contribution in [0.2, 0.25) is 0 Å². The minimum Gasteiger partial charge on any atom is -0.497 e. The Morgan fingerprint density at radius 2 is 1.92 bits per heavy atom. The minimum absolute atomic E-state index is 0.163. The van der Waals surface area contributed by atoms with Gasteiger partial charge in [-0.3, -0.25) is 4.79 Å². The number of ether oxygens (including phenoxy) is 1. The van der Waals surface area contributed by atoms with Crippen molar-refractivity contribution in [2.75, 3.05) is 12.9 Å². The molecule has 134 valence electrons. The summed E-state index contributed by atoms with van der Waals surface area (Å²) in [4.78, 5) is 12.9. The van der Waals surface area contributed by atoms with Gasteiger partial charge in [-0.1, -0.05) is 18.2 Å². The van der Waals surface area contributed by atoms with E-state index >= 15 is 0 Å². The van der Waals surface area contributed by atoms with Crippen molar-refractivity contribution >= 4 is 17.7 Å². The molecule has 1 atom stereocenters. The van der Waals surface area contributed by atoms with Crippen molar-refractivity contribution in [2.24, 2.45) is 0 Å². The average molecular weight is 369 g/mol. The molecule has 0 aliphatic rings.